The van der Waals surface area contributed by atoms with Crippen LogP contribution in [-0.2, 0) is 14.8 Å². The fourth-order valence-corrected chi connectivity index (χ4v) is 3.55. The van der Waals surface area contributed by atoms with Crippen LogP contribution in [0.2, 0.25) is 5.02 Å². The maximum Gasteiger partial charge on any atom is 0.303 e. The van der Waals surface area contributed by atoms with Gasteiger partial charge in [0.1, 0.15) is 4.90 Å². The SMILES string of the molecule is O=C(O)CCC(=O)c1ccc(Cl)c(S(=O)(=O)Nc2ccccc2)c1. The topological polar surface area (TPSA) is 101 Å². The lowest BCUT2D eigenvalue weighted by atomic mass is 10.1. The molecule has 6 nitrogen and oxygen atoms in total. The van der Waals surface area contributed by atoms with Crippen molar-refractivity contribution in [3.05, 3.63) is 59.1 Å². The van der Waals surface area contributed by atoms with Gasteiger partial charge in [-0.1, -0.05) is 29.8 Å². The molecule has 0 atom stereocenters. The molecule has 0 aromatic heterocycles. The number of anilines is 1. The smallest absolute Gasteiger partial charge is 0.303 e. The van der Waals surface area contributed by atoms with Crippen molar-refractivity contribution in [1.29, 1.82) is 0 Å². The Hall–Kier alpha value is -2.38. The number of carbonyl (C=O) groups is 2. The Morgan fingerprint density at radius 1 is 1.04 bits per heavy atom. The molecule has 8 heteroatoms. The van der Waals surface area contributed by atoms with Crippen molar-refractivity contribution in [3.8, 4) is 0 Å². The second kappa shape index (κ2) is 7.46. The van der Waals surface area contributed by atoms with Gasteiger partial charge in [-0.2, -0.15) is 0 Å². The van der Waals surface area contributed by atoms with E-state index in [1.54, 1.807) is 30.3 Å². The van der Waals surface area contributed by atoms with Crippen molar-refractivity contribution in [2.45, 2.75) is 17.7 Å². The van der Waals surface area contributed by atoms with E-state index in [1.165, 1.54) is 12.1 Å². The Morgan fingerprint density at radius 2 is 1.71 bits per heavy atom. The molecule has 2 aromatic rings. The molecule has 0 aliphatic rings. The summed E-state index contributed by atoms with van der Waals surface area (Å²) in [5.41, 5.74) is 0.449. The van der Waals surface area contributed by atoms with E-state index in [4.69, 9.17) is 16.7 Å². The summed E-state index contributed by atoms with van der Waals surface area (Å²) in [6, 6.07) is 12.1. The third kappa shape index (κ3) is 4.56. The number of benzene rings is 2. The summed E-state index contributed by atoms with van der Waals surface area (Å²) < 4.78 is 27.3. The number of halogens is 1. The highest BCUT2D eigenvalue weighted by Gasteiger charge is 2.20. The van der Waals surface area contributed by atoms with Crippen LogP contribution in [0.25, 0.3) is 0 Å². The van der Waals surface area contributed by atoms with E-state index >= 15 is 0 Å². The van der Waals surface area contributed by atoms with Crippen molar-refractivity contribution in [1.82, 2.24) is 0 Å². The van der Waals surface area contributed by atoms with Crippen molar-refractivity contribution < 1.29 is 23.1 Å². The molecule has 2 aromatic carbocycles. The minimum absolute atomic E-state index is 0.0341. The highest BCUT2D eigenvalue weighted by atomic mass is 35.5. The summed E-state index contributed by atoms with van der Waals surface area (Å²) in [4.78, 5) is 22.3. The minimum Gasteiger partial charge on any atom is -0.481 e. The summed E-state index contributed by atoms with van der Waals surface area (Å²) in [5.74, 6) is -1.57. The largest absolute Gasteiger partial charge is 0.481 e. The maximum atomic E-state index is 12.5. The van der Waals surface area contributed by atoms with Gasteiger partial charge in [-0.05, 0) is 30.3 Å². The van der Waals surface area contributed by atoms with Crippen LogP contribution in [0.15, 0.2) is 53.4 Å². The standard InChI is InChI=1S/C16H14ClNO5S/c17-13-7-6-11(14(19)8-9-16(20)21)10-15(13)24(22,23)18-12-4-2-1-3-5-12/h1-7,10,18H,8-9H2,(H,20,21). The van der Waals surface area contributed by atoms with Crippen LogP contribution in [0.4, 0.5) is 5.69 Å². The van der Waals surface area contributed by atoms with E-state index in [1.807, 2.05) is 0 Å². The molecule has 0 saturated heterocycles. The van der Waals surface area contributed by atoms with Crippen LogP contribution >= 0.6 is 11.6 Å². The normalized spacial score (nSPS) is 11.0. The van der Waals surface area contributed by atoms with Crippen molar-refractivity contribution in [2.24, 2.45) is 0 Å². The molecule has 24 heavy (non-hydrogen) atoms. The fourth-order valence-electron chi connectivity index (χ4n) is 1.96. The molecule has 2 N–H and O–H groups in total. The van der Waals surface area contributed by atoms with E-state index < -0.39 is 21.8 Å². The zero-order valence-corrected chi connectivity index (χ0v) is 14.0. The summed E-state index contributed by atoms with van der Waals surface area (Å²) in [6.45, 7) is 0. The van der Waals surface area contributed by atoms with Crippen molar-refractivity contribution in [3.63, 3.8) is 0 Å². The summed E-state index contributed by atoms with van der Waals surface area (Å²) >= 11 is 5.95. The van der Waals surface area contributed by atoms with Crippen LogP contribution in [-0.4, -0.2) is 25.3 Å². The number of carboxylic acids is 1. The molecule has 126 valence electrons. The van der Waals surface area contributed by atoms with Crippen LogP contribution < -0.4 is 4.72 Å². The third-order valence-electron chi connectivity index (χ3n) is 3.13. The lowest BCUT2D eigenvalue weighted by Crippen LogP contribution is -2.14. The number of carbonyl (C=O) groups excluding carboxylic acids is 1. The Labute approximate surface area is 144 Å². The third-order valence-corrected chi connectivity index (χ3v) is 5.00. The number of ketones is 1. The predicted octanol–water partition coefficient (Wildman–Crippen LogP) is 3.19. The quantitative estimate of drug-likeness (QED) is 0.732. The number of nitrogens with one attached hydrogen (secondary N) is 1. The van der Waals surface area contributed by atoms with Gasteiger partial charge in [-0.15, -0.1) is 0 Å². The molecule has 0 heterocycles. The monoisotopic (exact) mass is 367 g/mol. The average Bonchev–Trinajstić information content (AvgIpc) is 2.53. The van der Waals surface area contributed by atoms with Gasteiger partial charge >= 0.3 is 5.97 Å². The van der Waals surface area contributed by atoms with Gasteiger partial charge < -0.3 is 5.11 Å². The zero-order valence-electron chi connectivity index (χ0n) is 12.4. The molecule has 0 aliphatic heterocycles. The predicted molar refractivity (Wildman–Crippen MR) is 89.9 cm³/mol. The number of Topliss-reactive ketones (excluding diaryl/α,β-unsaturated/α-hetero) is 1. The van der Waals surface area contributed by atoms with Gasteiger partial charge in [-0.3, -0.25) is 14.3 Å². The van der Waals surface area contributed by atoms with Crippen LogP contribution in [0.5, 0.6) is 0 Å². The van der Waals surface area contributed by atoms with E-state index in [-0.39, 0.29) is 28.3 Å². The number of hydrogen-bond acceptors (Lipinski definition) is 4. The lowest BCUT2D eigenvalue weighted by molar-refractivity contribution is -0.136. The van der Waals surface area contributed by atoms with E-state index in [0.717, 1.165) is 6.07 Å². The van der Waals surface area contributed by atoms with Crippen LogP contribution in [0, 0.1) is 0 Å². The molecule has 2 rings (SSSR count). The first-order valence-corrected chi connectivity index (χ1v) is 8.78. The maximum absolute atomic E-state index is 12.5. The molecule has 0 spiro atoms. The first kappa shape index (κ1) is 18.0. The van der Waals surface area contributed by atoms with Gasteiger partial charge in [0, 0.05) is 17.7 Å². The molecule has 0 radical (unpaired) electrons. The van der Waals surface area contributed by atoms with Gasteiger partial charge in [-0.25, -0.2) is 8.42 Å². The minimum atomic E-state index is -3.98. The number of sulfonamides is 1. The number of carboxylic acid groups (broad SMARTS) is 1. The number of hydrogen-bond donors (Lipinski definition) is 2. The molecular formula is C16H14ClNO5S. The Balaban J connectivity index is 2.30. The fraction of sp³-hybridized carbons (Fsp3) is 0.125. The second-order valence-electron chi connectivity index (χ2n) is 4.93. The Kier molecular flexibility index (Phi) is 5.58. The second-order valence-corrected chi connectivity index (χ2v) is 6.99. The molecule has 0 saturated carbocycles. The molecule has 0 bridgehead atoms. The van der Waals surface area contributed by atoms with Crippen LogP contribution in [0.1, 0.15) is 23.2 Å². The lowest BCUT2D eigenvalue weighted by Gasteiger charge is -2.10. The van der Waals surface area contributed by atoms with Crippen LogP contribution in [0.3, 0.4) is 0 Å². The van der Waals surface area contributed by atoms with Gasteiger partial charge in [0.25, 0.3) is 10.0 Å². The molecule has 0 fully saturated rings. The first-order chi connectivity index (χ1) is 11.3. The van der Waals surface area contributed by atoms with Gasteiger partial charge in [0.2, 0.25) is 0 Å². The van der Waals surface area contributed by atoms with Crippen molar-refractivity contribution in [2.75, 3.05) is 4.72 Å². The van der Waals surface area contributed by atoms with Gasteiger partial charge in [0.05, 0.1) is 11.4 Å². The van der Waals surface area contributed by atoms with Crippen molar-refractivity contribution >= 4 is 39.1 Å². The molecular weight excluding hydrogens is 354 g/mol. The van der Waals surface area contributed by atoms with Gasteiger partial charge in [0.15, 0.2) is 5.78 Å². The summed E-state index contributed by atoms with van der Waals surface area (Å²) in [7, 11) is -3.98. The molecule has 0 amide bonds. The number of rotatable bonds is 7. The zero-order chi connectivity index (χ0) is 17.7. The molecule has 0 aliphatic carbocycles. The summed E-state index contributed by atoms with van der Waals surface area (Å²) in [5, 5.41) is 8.59. The Morgan fingerprint density at radius 3 is 2.33 bits per heavy atom. The number of para-hydroxylation sites is 1. The number of aliphatic carboxylic acids is 1. The van der Waals surface area contributed by atoms with E-state index in [2.05, 4.69) is 4.72 Å². The summed E-state index contributed by atoms with van der Waals surface area (Å²) in [6.07, 6.45) is -0.547. The van der Waals surface area contributed by atoms with E-state index in [0.29, 0.717) is 5.69 Å². The highest BCUT2D eigenvalue weighted by Crippen LogP contribution is 2.25. The highest BCUT2D eigenvalue weighted by molar-refractivity contribution is 7.92. The average molecular weight is 368 g/mol. The van der Waals surface area contributed by atoms with E-state index in [9.17, 15) is 18.0 Å². The molecule has 0 unspecified atom stereocenters. The first-order valence-electron chi connectivity index (χ1n) is 6.92. The Bertz CT molecular complexity index is 865.